The molecule has 3 rings (SSSR count). The number of carbonyl (C=O) groups is 1. The molecule has 1 heterocycles. The van der Waals surface area contributed by atoms with Gasteiger partial charge in [-0.3, -0.25) is 9.59 Å². The summed E-state index contributed by atoms with van der Waals surface area (Å²) < 4.78 is 11.0. The molecule has 0 aliphatic carbocycles. The van der Waals surface area contributed by atoms with Crippen molar-refractivity contribution >= 4 is 38.5 Å². The van der Waals surface area contributed by atoms with E-state index in [1.165, 1.54) is 6.07 Å². The Morgan fingerprint density at radius 1 is 1.16 bits per heavy atom. The van der Waals surface area contributed by atoms with Crippen molar-refractivity contribution in [3.8, 4) is 17.1 Å². The highest BCUT2D eigenvalue weighted by molar-refractivity contribution is 9.09. The van der Waals surface area contributed by atoms with Crippen LogP contribution in [0.15, 0.2) is 57.7 Å². The molecule has 128 valence electrons. The van der Waals surface area contributed by atoms with Crippen molar-refractivity contribution in [3.63, 3.8) is 0 Å². The quantitative estimate of drug-likeness (QED) is 0.650. The van der Waals surface area contributed by atoms with E-state index in [0.717, 1.165) is 5.56 Å². The zero-order chi connectivity index (χ0) is 17.8. The van der Waals surface area contributed by atoms with Crippen molar-refractivity contribution in [2.45, 2.75) is 6.42 Å². The van der Waals surface area contributed by atoms with Crippen molar-refractivity contribution in [2.75, 3.05) is 17.8 Å². The zero-order valence-electron chi connectivity index (χ0n) is 13.5. The Bertz CT molecular complexity index is 963. The number of rotatable bonds is 5. The fraction of sp³-hybridized carbons (Fsp3) is 0.158. The van der Waals surface area contributed by atoms with Crippen LogP contribution in [-0.4, -0.2) is 18.3 Å². The second-order valence-corrected chi connectivity index (χ2v) is 6.19. The molecule has 0 aliphatic heterocycles. The third-order valence-corrected chi connectivity index (χ3v) is 4.11. The van der Waals surface area contributed by atoms with Crippen molar-refractivity contribution < 1.29 is 13.9 Å². The number of benzene rings is 2. The standard InChI is InChI=1S/C19H16BrNO4/c1-24-14-6-7-17-15(10-14)16(22)11-18(25-17)12-2-4-13(5-3-12)21-19(23)8-9-20/h2-7,10-11H,8-9H2,1H3,(H,21,23). The van der Waals surface area contributed by atoms with E-state index in [1.807, 2.05) is 0 Å². The minimum atomic E-state index is -0.134. The molecule has 1 N–H and O–H groups in total. The Hall–Kier alpha value is -2.60. The first-order valence-corrected chi connectivity index (χ1v) is 8.81. The molecule has 3 aromatic rings. The van der Waals surface area contributed by atoms with Crippen LogP contribution in [0.25, 0.3) is 22.3 Å². The Morgan fingerprint density at radius 2 is 1.92 bits per heavy atom. The average molecular weight is 402 g/mol. The van der Waals surface area contributed by atoms with Crippen LogP contribution in [0.1, 0.15) is 6.42 Å². The number of alkyl halides is 1. The lowest BCUT2D eigenvalue weighted by Gasteiger charge is -2.07. The smallest absolute Gasteiger partial charge is 0.225 e. The normalized spacial score (nSPS) is 10.6. The van der Waals surface area contributed by atoms with E-state index < -0.39 is 0 Å². The molecule has 1 aromatic heterocycles. The second kappa shape index (κ2) is 7.53. The summed E-state index contributed by atoms with van der Waals surface area (Å²) in [6, 6.07) is 13.7. The molecule has 0 fully saturated rings. The molecule has 2 aromatic carbocycles. The summed E-state index contributed by atoms with van der Waals surface area (Å²) in [5.41, 5.74) is 1.82. The maximum absolute atomic E-state index is 12.3. The van der Waals surface area contributed by atoms with Gasteiger partial charge in [0.15, 0.2) is 5.43 Å². The molecule has 1 amide bonds. The molecule has 0 saturated carbocycles. The number of anilines is 1. The molecular weight excluding hydrogens is 386 g/mol. The number of methoxy groups -OCH3 is 1. The Labute approximate surface area is 152 Å². The van der Waals surface area contributed by atoms with Crippen LogP contribution in [-0.2, 0) is 4.79 Å². The molecule has 0 saturated heterocycles. The summed E-state index contributed by atoms with van der Waals surface area (Å²) >= 11 is 3.23. The van der Waals surface area contributed by atoms with Gasteiger partial charge in [-0.15, -0.1) is 0 Å². The van der Waals surface area contributed by atoms with Gasteiger partial charge in [-0.25, -0.2) is 0 Å². The first-order valence-electron chi connectivity index (χ1n) is 7.69. The minimum Gasteiger partial charge on any atom is -0.497 e. The first kappa shape index (κ1) is 17.2. The van der Waals surface area contributed by atoms with Gasteiger partial charge in [0.05, 0.1) is 12.5 Å². The monoisotopic (exact) mass is 401 g/mol. The van der Waals surface area contributed by atoms with E-state index in [1.54, 1.807) is 49.6 Å². The summed E-state index contributed by atoms with van der Waals surface area (Å²) in [5, 5.41) is 3.89. The van der Waals surface area contributed by atoms with Crippen LogP contribution in [0, 0.1) is 0 Å². The lowest BCUT2D eigenvalue weighted by Crippen LogP contribution is -2.11. The highest BCUT2D eigenvalue weighted by Crippen LogP contribution is 2.25. The van der Waals surface area contributed by atoms with E-state index in [9.17, 15) is 9.59 Å². The molecule has 25 heavy (non-hydrogen) atoms. The Morgan fingerprint density at radius 3 is 2.60 bits per heavy atom. The predicted octanol–water partition coefficient (Wildman–Crippen LogP) is 4.19. The van der Waals surface area contributed by atoms with E-state index >= 15 is 0 Å². The molecule has 0 radical (unpaired) electrons. The fourth-order valence-corrected chi connectivity index (χ4v) is 2.79. The van der Waals surface area contributed by atoms with E-state index in [0.29, 0.717) is 39.9 Å². The molecule has 0 spiro atoms. The van der Waals surface area contributed by atoms with Gasteiger partial charge in [0.2, 0.25) is 5.91 Å². The van der Waals surface area contributed by atoms with Gasteiger partial charge < -0.3 is 14.5 Å². The molecule has 0 atom stereocenters. The minimum absolute atomic E-state index is 0.0594. The van der Waals surface area contributed by atoms with Gasteiger partial charge >= 0.3 is 0 Å². The summed E-state index contributed by atoms with van der Waals surface area (Å²) in [7, 11) is 1.55. The number of amides is 1. The van der Waals surface area contributed by atoms with Crippen LogP contribution in [0.4, 0.5) is 5.69 Å². The fourth-order valence-electron chi connectivity index (χ4n) is 2.43. The number of nitrogens with one attached hydrogen (secondary N) is 1. The van der Waals surface area contributed by atoms with Gasteiger partial charge in [0.1, 0.15) is 17.1 Å². The average Bonchev–Trinajstić information content (AvgIpc) is 2.62. The zero-order valence-corrected chi connectivity index (χ0v) is 15.1. The van der Waals surface area contributed by atoms with Gasteiger partial charge in [-0.2, -0.15) is 0 Å². The highest BCUT2D eigenvalue weighted by atomic mass is 79.9. The van der Waals surface area contributed by atoms with Crippen LogP contribution in [0.2, 0.25) is 0 Å². The highest BCUT2D eigenvalue weighted by Gasteiger charge is 2.09. The first-order chi connectivity index (χ1) is 12.1. The number of hydrogen-bond acceptors (Lipinski definition) is 4. The van der Waals surface area contributed by atoms with Gasteiger partial charge in [-0.05, 0) is 42.5 Å². The number of fused-ring (bicyclic) bond motifs is 1. The van der Waals surface area contributed by atoms with Crippen molar-refractivity contribution in [3.05, 3.63) is 58.8 Å². The number of halogens is 1. The molecule has 6 heteroatoms. The number of ether oxygens (including phenoxy) is 1. The predicted molar refractivity (Wildman–Crippen MR) is 102 cm³/mol. The van der Waals surface area contributed by atoms with Crippen LogP contribution in [0.5, 0.6) is 5.75 Å². The molecule has 0 bridgehead atoms. The van der Waals surface area contributed by atoms with Gasteiger partial charge in [0.25, 0.3) is 0 Å². The number of hydrogen-bond donors (Lipinski definition) is 1. The Kier molecular flexibility index (Phi) is 5.19. The van der Waals surface area contributed by atoms with Crippen LogP contribution < -0.4 is 15.5 Å². The van der Waals surface area contributed by atoms with Crippen LogP contribution >= 0.6 is 15.9 Å². The number of carbonyl (C=O) groups excluding carboxylic acids is 1. The topological polar surface area (TPSA) is 68.5 Å². The molecular formula is C19H16BrNO4. The molecule has 0 unspecified atom stereocenters. The van der Waals surface area contributed by atoms with Gasteiger partial charge in [-0.1, -0.05) is 15.9 Å². The lowest BCUT2D eigenvalue weighted by molar-refractivity contribution is -0.115. The lowest BCUT2D eigenvalue weighted by atomic mass is 10.1. The summed E-state index contributed by atoms with van der Waals surface area (Å²) in [6.07, 6.45) is 0.408. The largest absolute Gasteiger partial charge is 0.497 e. The van der Waals surface area contributed by atoms with Crippen LogP contribution in [0.3, 0.4) is 0 Å². The van der Waals surface area contributed by atoms with E-state index in [2.05, 4.69) is 21.2 Å². The third kappa shape index (κ3) is 3.91. The Balaban J connectivity index is 1.91. The van der Waals surface area contributed by atoms with Crippen molar-refractivity contribution in [1.29, 1.82) is 0 Å². The SMILES string of the molecule is COc1ccc2oc(-c3ccc(NC(=O)CCBr)cc3)cc(=O)c2c1. The van der Waals surface area contributed by atoms with E-state index in [-0.39, 0.29) is 11.3 Å². The van der Waals surface area contributed by atoms with E-state index in [4.69, 9.17) is 9.15 Å². The summed E-state index contributed by atoms with van der Waals surface area (Å²) in [6.45, 7) is 0. The molecule has 5 nitrogen and oxygen atoms in total. The third-order valence-electron chi connectivity index (χ3n) is 3.71. The van der Waals surface area contributed by atoms with Crippen molar-refractivity contribution in [1.82, 2.24) is 0 Å². The summed E-state index contributed by atoms with van der Waals surface area (Å²) in [4.78, 5) is 23.9. The van der Waals surface area contributed by atoms with Gasteiger partial charge in [0, 0.05) is 29.1 Å². The van der Waals surface area contributed by atoms with Crippen molar-refractivity contribution in [2.24, 2.45) is 0 Å². The molecule has 0 aliphatic rings. The summed E-state index contributed by atoms with van der Waals surface area (Å²) in [5.74, 6) is 1.02. The second-order valence-electron chi connectivity index (χ2n) is 5.40. The maximum Gasteiger partial charge on any atom is 0.225 e. The maximum atomic E-state index is 12.3.